The Morgan fingerprint density at radius 2 is 1.96 bits per heavy atom. The lowest BCUT2D eigenvalue weighted by molar-refractivity contribution is -0.135. The maximum Gasteiger partial charge on any atom is 0.333 e. The van der Waals surface area contributed by atoms with Crippen LogP contribution in [0.4, 0.5) is 4.79 Å². The number of barbiturate groups is 1. The highest BCUT2D eigenvalue weighted by Gasteiger charge is 2.39. The van der Waals surface area contributed by atoms with E-state index in [1.54, 1.807) is 24.3 Å². The quantitative estimate of drug-likeness (QED) is 0.413. The molecule has 0 radical (unpaired) electrons. The molecular weight excluding hydrogens is 388 g/mol. The van der Waals surface area contributed by atoms with E-state index in [0.29, 0.717) is 28.8 Å². The molecule has 0 aliphatic carbocycles. The van der Waals surface area contributed by atoms with Crippen LogP contribution in [0.1, 0.15) is 18.9 Å². The van der Waals surface area contributed by atoms with E-state index in [-0.39, 0.29) is 12.1 Å². The first-order valence-corrected chi connectivity index (χ1v) is 8.58. The molecule has 1 aromatic carbocycles. The summed E-state index contributed by atoms with van der Waals surface area (Å²) in [6.45, 7) is 6.09. The fourth-order valence-electron chi connectivity index (χ4n) is 2.36. The maximum absolute atomic E-state index is 12.5. The zero-order chi connectivity index (χ0) is 18.6. The van der Waals surface area contributed by atoms with Gasteiger partial charge in [0.25, 0.3) is 11.8 Å². The number of rotatable bonds is 6. The zero-order valence-electron chi connectivity index (χ0n) is 14.1. The van der Waals surface area contributed by atoms with E-state index in [0.717, 1.165) is 9.80 Å². The molecule has 0 atom stereocenters. The van der Waals surface area contributed by atoms with Crippen molar-refractivity contribution in [1.82, 2.24) is 9.80 Å². The van der Waals surface area contributed by atoms with Gasteiger partial charge in [0.2, 0.25) is 0 Å². The fraction of sp³-hybridized carbons (Fsp3) is 0.278. The number of hydrogen-bond donors (Lipinski definition) is 0. The largest absolute Gasteiger partial charge is 0.488 e. The summed E-state index contributed by atoms with van der Waals surface area (Å²) in [5.74, 6) is -0.549. The molecule has 2 rings (SSSR count). The smallest absolute Gasteiger partial charge is 0.333 e. The zero-order valence-corrected chi connectivity index (χ0v) is 15.7. The van der Waals surface area contributed by atoms with Gasteiger partial charge in [0.05, 0.1) is 4.47 Å². The van der Waals surface area contributed by atoms with Gasteiger partial charge in [0.1, 0.15) is 17.9 Å². The molecule has 0 bridgehead atoms. The lowest BCUT2D eigenvalue weighted by Crippen LogP contribution is -2.54. The van der Waals surface area contributed by atoms with Crippen LogP contribution in [0.15, 0.2) is 40.9 Å². The molecule has 0 saturated carbocycles. The Morgan fingerprint density at radius 3 is 2.56 bits per heavy atom. The van der Waals surface area contributed by atoms with Gasteiger partial charge >= 0.3 is 6.03 Å². The van der Waals surface area contributed by atoms with Gasteiger partial charge in [-0.15, -0.1) is 0 Å². The number of benzene rings is 1. The van der Waals surface area contributed by atoms with Crippen LogP contribution in [-0.4, -0.2) is 47.8 Å². The monoisotopic (exact) mass is 406 g/mol. The molecule has 7 heteroatoms. The van der Waals surface area contributed by atoms with Crippen LogP contribution >= 0.6 is 15.9 Å². The molecular formula is C18H19BrN2O4. The molecule has 6 nitrogen and oxygen atoms in total. The van der Waals surface area contributed by atoms with Crippen molar-refractivity contribution in [2.24, 2.45) is 0 Å². The Balaban J connectivity index is 2.36. The highest BCUT2D eigenvalue weighted by atomic mass is 79.9. The van der Waals surface area contributed by atoms with Gasteiger partial charge in [0.15, 0.2) is 0 Å². The minimum Gasteiger partial charge on any atom is -0.488 e. The summed E-state index contributed by atoms with van der Waals surface area (Å²) < 4.78 is 6.16. The van der Waals surface area contributed by atoms with Crippen molar-refractivity contribution in [3.8, 4) is 5.75 Å². The normalized spacial score (nSPS) is 16.6. The number of carbonyl (C=O) groups is 3. The van der Waals surface area contributed by atoms with E-state index >= 15 is 0 Å². The molecule has 0 N–H and O–H groups in total. The molecule has 1 aliphatic heterocycles. The SMILES string of the molecule is C=CCOc1ccc(/C=C2/C(=O)N(C)C(=O)N(CCC)C2=O)cc1Br. The summed E-state index contributed by atoms with van der Waals surface area (Å²) >= 11 is 3.40. The molecule has 132 valence electrons. The van der Waals surface area contributed by atoms with Gasteiger partial charge in [0, 0.05) is 13.6 Å². The highest BCUT2D eigenvalue weighted by molar-refractivity contribution is 9.10. The van der Waals surface area contributed by atoms with Crippen LogP contribution in [0.3, 0.4) is 0 Å². The number of amides is 4. The van der Waals surface area contributed by atoms with Gasteiger partial charge in [-0.1, -0.05) is 25.6 Å². The van der Waals surface area contributed by atoms with Crippen molar-refractivity contribution >= 4 is 39.9 Å². The molecule has 1 heterocycles. The van der Waals surface area contributed by atoms with E-state index in [1.165, 1.54) is 13.1 Å². The number of ether oxygens (including phenoxy) is 1. The average Bonchev–Trinajstić information content (AvgIpc) is 2.60. The number of imide groups is 2. The number of nitrogens with zero attached hydrogens (tertiary/aromatic N) is 2. The van der Waals surface area contributed by atoms with Crippen molar-refractivity contribution in [2.75, 3.05) is 20.2 Å². The van der Waals surface area contributed by atoms with Crippen LogP contribution in [0.2, 0.25) is 0 Å². The number of urea groups is 1. The predicted octanol–water partition coefficient (Wildman–Crippen LogP) is 3.23. The minimum atomic E-state index is -0.606. The molecule has 1 fully saturated rings. The molecule has 0 aromatic heterocycles. The second kappa shape index (κ2) is 8.11. The van der Waals surface area contributed by atoms with E-state index in [1.807, 2.05) is 6.92 Å². The number of carbonyl (C=O) groups excluding carboxylic acids is 3. The molecule has 25 heavy (non-hydrogen) atoms. The first-order chi connectivity index (χ1) is 11.9. The van der Waals surface area contributed by atoms with Crippen LogP contribution in [-0.2, 0) is 9.59 Å². The second-order valence-electron chi connectivity index (χ2n) is 5.45. The Morgan fingerprint density at radius 1 is 1.24 bits per heavy atom. The molecule has 1 saturated heterocycles. The van der Waals surface area contributed by atoms with Crippen LogP contribution < -0.4 is 4.74 Å². The van der Waals surface area contributed by atoms with Gasteiger partial charge in [-0.3, -0.25) is 19.4 Å². The molecule has 0 spiro atoms. The van der Waals surface area contributed by atoms with Crippen molar-refractivity contribution in [3.63, 3.8) is 0 Å². The summed E-state index contributed by atoms with van der Waals surface area (Å²) in [5, 5.41) is 0. The lowest BCUT2D eigenvalue weighted by atomic mass is 10.1. The van der Waals surface area contributed by atoms with Crippen LogP contribution in [0.5, 0.6) is 5.75 Å². The topological polar surface area (TPSA) is 66.9 Å². The third-order valence-electron chi connectivity index (χ3n) is 3.60. The Kier molecular flexibility index (Phi) is 6.14. The average molecular weight is 407 g/mol. The Labute approximate surface area is 154 Å². The van der Waals surface area contributed by atoms with E-state index in [2.05, 4.69) is 22.5 Å². The van der Waals surface area contributed by atoms with E-state index < -0.39 is 17.8 Å². The Bertz CT molecular complexity index is 757. The highest BCUT2D eigenvalue weighted by Crippen LogP contribution is 2.28. The molecule has 1 aromatic rings. The van der Waals surface area contributed by atoms with Gasteiger partial charge in [-0.2, -0.15) is 0 Å². The standard InChI is InChI=1S/C18H19BrN2O4/c1-4-8-21-17(23)13(16(22)20(3)18(21)24)10-12-6-7-15(14(19)11-12)25-9-5-2/h5-7,10-11H,2,4,8-9H2,1,3H3/b13-10-. The maximum atomic E-state index is 12.5. The number of likely N-dealkylation sites (N-methyl/N-ethyl adjacent to an activating group) is 1. The molecule has 0 unspecified atom stereocenters. The minimum absolute atomic E-state index is 0.0396. The summed E-state index contributed by atoms with van der Waals surface area (Å²) in [4.78, 5) is 39.0. The summed E-state index contributed by atoms with van der Waals surface area (Å²) in [6, 6.07) is 4.61. The van der Waals surface area contributed by atoms with Gasteiger partial charge in [-0.25, -0.2) is 4.79 Å². The summed E-state index contributed by atoms with van der Waals surface area (Å²) in [6.07, 6.45) is 3.74. The third kappa shape index (κ3) is 3.99. The summed E-state index contributed by atoms with van der Waals surface area (Å²) in [5.41, 5.74) is 0.607. The van der Waals surface area contributed by atoms with Crippen molar-refractivity contribution in [3.05, 3.63) is 46.5 Å². The first kappa shape index (κ1) is 18.9. The second-order valence-corrected chi connectivity index (χ2v) is 6.31. The van der Waals surface area contributed by atoms with Crippen molar-refractivity contribution < 1.29 is 19.1 Å². The van der Waals surface area contributed by atoms with Gasteiger partial charge in [-0.05, 0) is 46.1 Å². The van der Waals surface area contributed by atoms with Crippen molar-refractivity contribution in [1.29, 1.82) is 0 Å². The fourth-order valence-corrected chi connectivity index (χ4v) is 2.87. The van der Waals surface area contributed by atoms with Crippen LogP contribution in [0.25, 0.3) is 6.08 Å². The molecule has 4 amide bonds. The number of hydrogen-bond acceptors (Lipinski definition) is 4. The van der Waals surface area contributed by atoms with E-state index in [4.69, 9.17) is 4.74 Å². The molecule has 1 aliphatic rings. The first-order valence-electron chi connectivity index (χ1n) is 7.79. The third-order valence-corrected chi connectivity index (χ3v) is 4.22. The summed E-state index contributed by atoms with van der Waals surface area (Å²) in [7, 11) is 1.37. The van der Waals surface area contributed by atoms with E-state index in [9.17, 15) is 14.4 Å². The predicted molar refractivity (Wildman–Crippen MR) is 98.0 cm³/mol. The lowest BCUT2D eigenvalue weighted by Gasteiger charge is -2.31. The Hall–Kier alpha value is -2.41. The van der Waals surface area contributed by atoms with Crippen molar-refractivity contribution in [2.45, 2.75) is 13.3 Å². The van der Waals surface area contributed by atoms with Crippen LogP contribution in [0, 0.1) is 0 Å². The number of halogens is 1. The van der Waals surface area contributed by atoms with Gasteiger partial charge < -0.3 is 4.74 Å².